The highest BCUT2D eigenvalue weighted by Gasteiger charge is 2.45. The number of carbonyl (C=O) groups excluding carboxylic acids is 2. The molecule has 0 spiro atoms. The van der Waals surface area contributed by atoms with E-state index in [0.717, 1.165) is 10.5 Å². The van der Waals surface area contributed by atoms with Crippen LogP contribution in [0.1, 0.15) is 17.2 Å². The molecule has 10 heteroatoms. The summed E-state index contributed by atoms with van der Waals surface area (Å²) in [6, 6.07) is 11.2. The van der Waals surface area contributed by atoms with Gasteiger partial charge < -0.3 is 19.8 Å². The van der Waals surface area contributed by atoms with E-state index in [9.17, 15) is 24.8 Å². The number of nitro benzene ring substituents is 1. The van der Waals surface area contributed by atoms with Gasteiger partial charge in [-0.05, 0) is 17.7 Å². The highest BCUT2D eigenvalue weighted by Crippen LogP contribution is 2.39. The molecular formula is C21H19BrN2O7. The molecule has 2 N–H and O–H groups in total. The summed E-state index contributed by atoms with van der Waals surface area (Å²) in [5.74, 6) is -2.19. The van der Waals surface area contributed by atoms with Crippen molar-refractivity contribution in [2.75, 3.05) is 26.4 Å². The maximum absolute atomic E-state index is 12.9. The van der Waals surface area contributed by atoms with Crippen molar-refractivity contribution in [2.24, 2.45) is 0 Å². The van der Waals surface area contributed by atoms with Crippen molar-refractivity contribution in [3.63, 3.8) is 0 Å². The molecule has 0 aromatic heterocycles. The van der Waals surface area contributed by atoms with Crippen LogP contribution in [-0.4, -0.2) is 58.1 Å². The predicted octanol–water partition coefficient (Wildman–Crippen LogP) is 2.79. The lowest BCUT2D eigenvalue weighted by Gasteiger charge is -2.25. The smallest absolute Gasteiger partial charge is 0.295 e. The maximum Gasteiger partial charge on any atom is 0.295 e. The van der Waals surface area contributed by atoms with Crippen molar-refractivity contribution >= 4 is 39.1 Å². The summed E-state index contributed by atoms with van der Waals surface area (Å²) in [6.07, 6.45) is 0. The molecule has 0 saturated carbocycles. The van der Waals surface area contributed by atoms with Crippen LogP contribution in [-0.2, 0) is 14.3 Å². The molecule has 3 rings (SSSR count). The summed E-state index contributed by atoms with van der Waals surface area (Å²) in [5, 5.41) is 30.9. The van der Waals surface area contributed by atoms with E-state index in [2.05, 4.69) is 15.9 Å². The average Bonchev–Trinajstić information content (AvgIpc) is 3.01. The van der Waals surface area contributed by atoms with Crippen LogP contribution in [0.2, 0.25) is 0 Å². The normalized spacial score (nSPS) is 17.9. The van der Waals surface area contributed by atoms with Gasteiger partial charge in [-0.15, -0.1) is 0 Å². The number of aliphatic hydroxyl groups is 2. The lowest BCUT2D eigenvalue weighted by atomic mass is 9.95. The number of benzene rings is 2. The Hall–Kier alpha value is -3.08. The van der Waals surface area contributed by atoms with E-state index in [1.165, 1.54) is 23.1 Å². The van der Waals surface area contributed by atoms with Gasteiger partial charge in [-0.3, -0.25) is 19.7 Å². The first-order valence-corrected chi connectivity index (χ1v) is 10.1. The van der Waals surface area contributed by atoms with Gasteiger partial charge in [-0.25, -0.2) is 0 Å². The summed E-state index contributed by atoms with van der Waals surface area (Å²) in [6.45, 7) is 0.0385. The number of likely N-dealkylation sites (tertiary alicyclic amines) is 1. The molecule has 31 heavy (non-hydrogen) atoms. The molecule has 1 atom stereocenters. The van der Waals surface area contributed by atoms with E-state index >= 15 is 0 Å². The van der Waals surface area contributed by atoms with Crippen molar-refractivity contribution in [1.82, 2.24) is 4.90 Å². The van der Waals surface area contributed by atoms with Crippen LogP contribution in [0.3, 0.4) is 0 Å². The number of ether oxygens (including phenoxy) is 1. The SMILES string of the molecule is O=C1C(=O)N(CCOCCO)C(c2ccc(Br)cc2)/C1=C(\O)c1cccc([N+](=O)[O-])c1. The minimum absolute atomic E-state index is 0.0526. The maximum atomic E-state index is 12.9. The Morgan fingerprint density at radius 1 is 1.16 bits per heavy atom. The van der Waals surface area contributed by atoms with Gasteiger partial charge in [0.2, 0.25) is 0 Å². The number of non-ortho nitro benzene ring substituents is 1. The lowest BCUT2D eigenvalue weighted by molar-refractivity contribution is -0.384. The van der Waals surface area contributed by atoms with Gasteiger partial charge in [0.05, 0.1) is 36.4 Å². The Morgan fingerprint density at radius 3 is 2.52 bits per heavy atom. The van der Waals surface area contributed by atoms with Gasteiger partial charge >= 0.3 is 0 Å². The van der Waals surface area contributed by atoms with Gasteiger partial charge in [0.15, 0.2) is 0 Å². The highest BCUT2D eigenvalue weighted by atomic mass is 79.9. The monoisotopic (exact) mass is 490 g/mol. The molecule has 0 radical (unpaired) electrons. The number of hydrogen-bond acceptors (Lipinski definition) is 7. The number of rotatable bonds is 8. The van der Waals surface area contributed by atoms with Crippen LogP contribution in [0.5, 0.6) is 0 Å². The largest absolute Gasteiger partial charge is 0.507 e. The Morgan fingerprint density at radius 2 is 1.87 bits per heavy atom. The molecule has 0 bridgehead atoms. The molecule has 9 nitrogen and oxygen atoms in total. The second kappa shape index (κ2) is 9.82. The number of nitro groups is 1. The zero-order valence-corrected chi connectivity index (χ0v) is 17.8. The van der Waals surface area contributed by atoms with E-state index in [1.54, 1.807) is 24.3 Å². The Labute approximate surface area is 185 Å². The van der Waals surface area contributed by atoms with Crippen LogP contribution in [0, 0.1) is 10.1 Å². The van der Waals surface area contributed by atoms with Gasteiger partial charge in [0.1, 0.15) is 5.76 Å². The molecule has 1 saturated heterocycles. The number of amides is 1. The van der Waals surface area contributed by atoms with Gasteiger partial charge in [0, 0.05) is 28.7 Å². The van der Waals surface area contributed by atoms with E-state index in [1.807, 2.05) is 0 Å². The van der Waals surface area contributed by atoms with Gasteiger partial charge in [-0.2, -0.15) is 0 Å². The minimum atomic E-state index is -0.898. The first kappa shape index (κ1) is 22.6. The quantitative estimate of drug-likeness (QED) is 0.145. The molecule has 1 unspecified atom stereocenters. The molecule has 1 heterocycles. The lowest BCUT2D eigenvalue weighted by Crippen LogP contribution is -2.33. The Bertz CT molecular complexity index is 1040. The number of carbonyl (C=O) groups is 2. The number of nitrogens with zero attached hydrogens (tertiary/aromatic N) is 2. The van der Waals surface area contributed by atoms with Crippen LogP contribution in [0.4, 0.5) is 5.69 Å². The fraction of sp³-hybridized carbons (Fsp3) is 0.238. The standard InChI is InChI=1S/C21H19BrN2O7/c22-15-6-4-13(5-7-15)18-17(19(26)14-2-1-3-16(12-14)24(29)30)20(27)21(28)23(18)8-10-31-11-9-25/h1-7,12,18,25-26H,8-11H2/b19-17+. The first-order chi connectivity index (χ1) is 14.8. The second-order valence-electron chi connectivity index (χ2n) is 6.69. The molecule has 1 fully saturated rings. The van der Waals surface area contributed by atoms with Crippen molar-refractivity contribution in [3.8, 4) is 0 Å². The highest BCUT2D eigenvalue weighted by molar-refractivity contribution is 9.10. The summed E-state index contributed by atoms with van der Waals surface area (Å²) in [5.41, 5.74) is 0.230. The number of ketones is 1. The molecule has 162 valence electrons. The fourth-order valence-electron chi connectivity index (χ4n) is 3.35. The van der Waals surface area contributed by atoms with Crippen molar-refractivity contribution < 1.29 is 29.5 Å². The van der Waals surface area contributed by atoms with Crippen molar-refractivity contribution in [3.05, 3.63) is 79.8 Å². The number of hydrogen-bond donors (Lipinski definition) is 2. The first-order valence-electron chi connectivity index (χ1n) is 9.32. The molecule has 2 aromatic carbocycles. The Balaban J connectivity index is 2.09. The molecular weight excluding hydrogens is 472 g/mol. The fourth-order valence-corrected chi connectivity index (χ4v) is 3.62. The predicted molar refractivity (Wildman–Crippen MR) is 114 cm³/mol. The van der Waals surface area contributed by atoms with E-state index in [-0.39, 0.29) is 43.2 Å². The van der Waals surface area contributed by atoms with Crippen molar-refractivity contribution in [1.29, 1.82) is 0 Å². The van der Waals surface area contributed by atoms with Crippen LogP contribution in [0.25, 0.3) is 5.76 Å². The van der Waals surface area contributed by atoms with E-state index in [4.69, 9.17) is 9.84 Å². The average molecular weight is 491 g/mol. The summed E-state index contributed by atoms with van der Waals surface area (Å²) in [7, 11) is 0. The molecule has 2 aromatic rings. The third kappa shape index (κ3) is 4.82. The molecule has 0 aliphatic carbocycles. The van der Waals surface area contributed by atoms with E-state index in [0.29, 0.717) is 5.56 Å². The topological polar surface area (TPSA) is 130 Å². The zero-order chi connectivity index (χ0) is 22.5. The van der Waals surface area contributed by atoms with Crippen LogP contribution in [0.15, 0.2) is 58.6 Å². The second-order valence-corrected chi connectivity index (χ2v) is 7.60. The molecule has 1 aliphatic rings. The molecule has 1 aliphatic heterocycles. The number of Topliss-reactive ketones (excluding diaryl/α,β-unsaturated/α-hetero) is 1. The van der Waals surface area contributed by atoms with Crippen molar-refractivity contribution in [2.45, 2.75) is 6.04 Å². The summed E-state index contributed by atoms with van der Waals surface area (Å²) < 4.78 is 6.03. The van der Waals surface area contributed by atoms with Crippen LogP contribution < -0.4 is 0 Å². The third-order valence-corrected chi connectivity index (χ3v) is 5.30. The summed E-state index contributed by atoms with van der Waals surface area (Å²) in [4.78, 5) is 37.4. The number of aliphatic hydroxyl groups excluding tert-OH is 2. The minimum Gasteiger partial charge on any atom is -0.507 e. The Kier molecular flexibility index (Phi) is 7.16. The van der Waals surface area contributed by atoms with E-state index < -0.39 is 28.4 Å². The van der Waals surface area contributed by atoms with Gasteiger partial charge in [-0.1, -0.05) is 40.2 Å². The number of halogens is 1. The van der Waals surface area contributed by atoms with Crippen LogP contribution >= 0.6 is 15.9 Å². The molecule has 1 amide bonds. The summed E-state index contributed by atoms with van der Waals surface area (Å²) >= 11 is 3.34. The zero-order valence-electron chi connectivity index (χ0n) is 16.2. The third-order valence-electron chi connectivity index (χ3n) is 4.77. The van der Waals surface area contributed by atoms with Gasteiger partial charge in [0.25, 0.3) is 17.4 Å².